The van der Waals surface area contributed by atoms with Gasteiger partial charge in [-0.2, -0.15) is 0 Å². The van der Waals surface area contributed by atoms with E-state index in [0.29, 0.717) is 5.92 Å². The minimum absolute atomic E-state index is 0.0471. The van der Waals surface area contributed by atoms with Gasteiger partial charge in [0.25, 0.3) is 0 Å². The largest absolute Gasteiger partial charge is 0.308 e. The number of rotatable bonds is 4. The summed E-state index contributed by atoms with van der Waals surface area (Å²) in [5, 5.41) is 2.58. The summed E-state index contributed by atoms with van der Waals surface area (Å²) in [6.07, 6.45) is 0. The van der Waals surface area contributed by atoms with Crippen LogP contribution in [0.1, 0.15) is 78.0 Å². The van der Waals surface area contributed by atoms with E-state index in [1.54, 1.807) is 0 Å². The maximum atomic E-state index is 2.54. The molecule has 42 heavy (non-hydrogen) atoms. The maximum Gasteiger partial charge on any atom is 0.0619 e. The van der Waals surface area contributed by atoms with Gasteiger partial charge in [0.1, 0.15) is 0 Å². The first-order chi connectivity index (χ1) is 19.9. The predicted octanol–water partition coefficient (Wildman–Crippen LogP) is 11.8. The molecule has 1 heteroatoms. The van der Waals surface area contributed by atoms with Gasteiger partial charge in [-0.05, 0) is 62.3 Å². The highest BCUT2D eigenvalue weighted by atomic mass is 15.0. The summed E-state index contributed by atoms with van der Waals surface area (Å²) >= 11 is 0. The van der Waals surface area contributed by atoms with Crippen molar-refractivity contribution >= 4 is 21.8 Å². The number of nitrogens with zero attached hydrogens (tertiary/aromatic N) is 1. The van der Waals surface area contributed by atoms with E-state index in [1.165, 1.54) is 66.4 Å². The molecule has 6 rings (SSSR count). The molecule has 0 aliphatic rings. The Morgan fingerprint density at radius 2 is 1.10 bits per heavy atom. The first-order valence-electron chi connectivity index (χ1n) is 15.3. The molecule has 0 aliphatic heterocycles. The normalized spacial score (nSPS) is 12.5. The molecule has 0 aliphatic carbocycles. The van der Waals surface area contributed by atoms with E-state index in [4.69, 9.17) is 0 Å². The Morgan fingerprint density at radius 3 is 1.74 bits per heavy atom. The van der Waals surface area contributed by atoms with E-state index in [-0.39, 0.29) is 10.8 Å². The maximum absolute atomic E-state index is 2.54. The third kappa shape index (κ3) is 4.86. The van der Waals surface area contributed by atoms with Gasteiger partial charge in [0.2, 0.25) is 0 Å². The summed E-state index contributed by atoms with van der Waals surface area (Å²) < 4.78 is 2.54. The summed E-state index contributed by atoms with van der Waals surface area (Å²) in [5.41, 5.74) is 13.1. The molecular weight excluding hydrogens is 506 g/mol. The van der Waals surface area contributed by atoms with E-state index in [2.05, 4.69) is 169 Å². The van der Waals surface area contributed by atoms with Crippen LogP contribution in [0.2, 0.25) is 0 Å². The molecule has 1 heterocycles. The molecule has 0 spiro atoms. The van der Waals surface area contributed by atoms with Crippen LogP contribution in [0.15, 0.2) is 109 Å². The van der Waals surface area contributed by atoms with Crippen LogP contribution in [0.4, 0.5) is 0 Å². The number of hydrogen-bond acceptors (Lipinski definition) is 0. The SMILES string of the molecule is CC(C)c1c(-c2ccccc2)cccc1-n1c2ccccc2c2cccc(-c3cc(C(C)(C)C)cc(C(C)(C)C)c3)c21. The van der Waals surface area contributed by atoms with Crippen molar-refractivity contribution in [3.8, 4) is 27.9 Å². The highest BCUT2D eigenvalue weighted by Gasteiger charge is 2.24. The molecule has 0 amide bonds. The van der Waals surface area contributed by atoms with Gasteiger partial charge in [0.15, 0.2) is 0 Å². The monoisotopic (exact) mass is 549 g/mol. The van der Waals surface area contributed by atoms with Crippen LogP contribution in [0, 0.1) is 0 Å². The molecule has 0 saturated heterocycles. The first kappa shape index (κ1) is 28.0. The lowest BCUT2D eigenvalue weighted by Crippen LogP contribution is -2.16. The Hall–Kier alpha value is -4.10. The summed E-state index contributed by atoms with van der Waals surface area (Å²) in [4.78, 5) is 0. The second kappa shape index (κ2) is 10.3. The smallest absolute Gasteiger partial charge is 0.0619 e. The molecule has 0 radical (unpaired) electrons. The number of para-hydroxylation sites is 2. The Bertz CT molecular complexity index is 1870. The van der Waals surface area contributed by atoms with Crippen molar-refractivity contribution in [3.05, 3.63) is 126 Å². The lowest BCUT2D eigenvalue weighted by molar-refractivity contribution is 0.569. The molecule has 212 valence electrons. The molecule has 6 aromatic rings. The zero-order valence-electron chi connectivity index (χ0n) is 26.4. The number of fused-ring (bicyclic) bond motifs is 3. The van der Waals surface area contributed by atoms with Crippen molar-refractivity contribution in [2.75, 3.05) is 0 Å². The Balaban J connectivity index is 1.75. The second-order valence-corrected chi connectivity index (χ2v) is 14.1. The third-order valence-corrected chi connectivity index (χ3v) is 8.66. The van der Waals surface area contributed by atoms with Gasteiger partial charge >= 0.3 is 0 Å². The van der Waals surface area contributed by atoms with E-state index in [1.807, 2.05) is 0 Å². The predicted molar refractivity (Wildman–Crippen MR) is 183 cm³/mol. The second-order valence-electron chi connectivity index (χ2n) is 14.1. The summed E-state index contributed by atoms with van der Waals surface area (Å²) in [6, 6.07) is 40.7. The first-order valence-corrected chi connectivity index (χ1v) is 15.3. The van der Waals surface area contributed by atoms with Crippen molar-refractivity contribution in [1.82, 2.24) is 4.57 Å². The van der Waals surface area contributed by atoms with Crippen LogP contribution in [0.5, 0.6) is 0 Å². The van der Waals surface area contributed by atoms with Crippen LogP contribution in [-0.4, -0.2) is 4.57 Å². The molecule has 0 fully saturated rings. The summed E-state index contributed by atoms with van der Waals surface area (Å²) in [7, 11) is 0. The van der Waals surface area contributed by atoms with Gasteiger partial charge in [-0.1, -0.05) is 152 Å². The zero-order valence-corrected chi connectivity index (χ0v) is 26.4. The van der Waals surface area contributed by atoms with Crippen LogP contribution in [0.3, 0.4) is 0 Å². The van der Waals surface area contributed by atoms with E-state index in [9.17, 15) is 0 Å². The van der Waals surface area contributed by atoms with Gasteiger partial charge in [0.05, 0.1) is 16.7 Å². The highest BCUT2D eigenvalue weighted by molar-refractivity contribution is 6.14. The van der Waals surface area contributed by atoms with Crippen molar-refractivity contribution in [2.24, 2.45) is 0 Å². The van der Waals surface area contributed by atoms with Gasteiger partial charge in [0, 0.05) is 16.3 Å². The number of benzene rings is 5. The van der Waals surface area contributed by atoms with Gasteiger partial charge < -0.3 is 4.57 Å². The fourth-order valence-electron chi connectivity index (χ4n) is 6.38. The molecule has 0 bridgehead atoms. The average molecular weight is 550 g/mol. The molecule has 1 aromatic heterocycles. The minimum Gasteiger partial charge on any atom is -0.308 e. The standard InChI is InChI=1S/C41H43N/c1-27(2)38-32(28-16-10-9-11-17-28)19-15-23-37(38)42-36-22-13-12-18-34(36)35-21-14-20-33(39(35)42)29-24-30(40(3,4)5)26-31(25-29)41(6,7)8/h9-27H,1-8H3. The summed E-state index contributed by atoms with van der Waals surface area (Å²) in [6.45, 7) is 18.6. The van der Waals surface area contributed by atoms with Gasteiger partial charge in [-0.3, -0.25) is 0 Å². The van der Waals surface area contributed by atoms with E-state index < -0.39 is 0 Å². The fourth-order valence-corrected chi connectivity index (χ4v) is 6.38. The Kier molecular flexibility index (Phi) is 6.89. The zero-order chi connectivity index (χ0) is 29.8. The number of aromatic nitrogens is 1. The van der Waals surface area contributed by atoms with E-state index in [0.717, 1.165) is 0 Å². The van der Waals surface area contributed by atoms with Crippen LogP contribution >= 0.6 is 0 Å². The Morgan fingerprint density at radius 1 is 0.524 bits per heavy atom. The van der Waals surface area contributed by atoms with Crippen molar-refractivity contribution < 1.29 is 0 Å². The van der Waals surface area contributed by atoms with E-state index >= 15 is 0 Å². The molecule has 0 unspecified atom stereocenters. The van der Waals surface area contributed by atoms with Gasteiger partial charge in [-0.15, -0.1) is 0 Å². The molecule has 0 atom stereocenters. The van der Waals surface area contributed by atoms with Crippen LogP contribution < -0.4 is 0 Å². The lowest BCUT2D eigenvalue weighted by atomic mass is 9.79. The molecule has 5 aromatic carbocycles. The minimum atomic E-state index is 0.0471. The van der Waals surface area contributed by atoms with Crippen molar-refractivity contribution in [3.63, 3.8) is 0 Å². The summed E-state index contributed by atoms with van der Waals surface area (Å²) in [5.74, 6) is 0.344. The molecule has 0 saturated carbocycles. The molecule has 1 nitrogen and oxygen atoms in total. The third-order valence-electron chi connectivity index (χ3n) is 8.66. The van der Waals surface area contributed by atoms with Crippen LogP contribution in [-0.2, 0) is 10.8 Å². The van der Waals surface area contributed by atoms with Crippen molar-refractivity contribution in [1.29, 1.82) is 0 Å². The highest BCUT2D eigenvalue weighted by Crippen LogP contribution is 2.43. The topological polar surface area (TPSA) is 4.93 Å². The fraction of sp³-hybridized carbons (Fsp3) is 0.268. The van der Waals surface area contributed by atoms with Crippen LogP contribution in [0.25, 0.3) is 49.7 Å². The molecular formula is C41H43N. The average Bonchev–Trinajstić information content (AvgIpc) is 3.30. The lowest BCUT2D eigenvalue weighted by Gasteiger charge is -2.27. The molecule has 0 N–H and O–H groups in total. The van der Waals surface area contributed by atoms with Gasteiger partial charge in [-0.25, -0.2) is 0 Å². The quantitative estimate of drug-likeness (QED) is 0.206. The van der Waals surface area contributed by atoms with Crippen molar-refractivity contribution in [2.45, 2.75) is 72.1 Å². The number of hydrogen-bond donors (Lipinski definition) is 0. The Labute approximate surface area is 251 Å².